The fourth-order valence-electron chi connectivity index (χ4n) is 3.00. The molecule has 5 heteroatoms. The zero-order chi connectivity index (χ0) is 15.2. The van der Waals surface area contributed by atoms with E-state index in [0.717, 1.165) is 32.5 Å². The number of rotatable bonds is 4. The molecule has 2 fully saturated rings. The van der Waals surface area contributed by atoms with Crippen LogP contribution in [0.5, 0.6) is 0 Å². The number of carbonyl (C=O) groups excluding carboxylic acids is 1. The minimum atomic E-state index is -0.376. The van der Waals surface area contributed by atoms with Crippen molar-refractivity contribution in [3.8, 4) is 0 Å². The molecule has 2 saturated heterocycles. The number of nitrogens with one attached hydrogen (secondary N) is 1. The third-order valence-corrected chi connectivity index (χ3v) is 4.20. The molecular formula is C17H24N2O3. The van der Waals surface area contributed by atoms with E-state index in [1.165, 1.54) is 5.56 Å². The Kier molecular flexibility index (Phi) is 5.43. The van der Waals surface area contributed by atoms with Crippen molar-refractivity contribution in [1.29, 1.82) is 0 Å². The lowest BCUT2D eigenvalue weighted by molar-refractivity contribution is -0.140. The van der Waals surface area contributed by atoms with Gasteiger partial charge in [-0.15, -0.1) is 0 Å². The molecule has 2 heterocycles. The van der Waals surface area contributed by atoms with Gasteiger partial charge in [0.2, 0.25) is 0 Å². The average molecular weight is 304 g/mol. The number of ether oxygens (including phenoxy) is 2. The first-order valence-electron chi connectivity index (χ1n) is 8.07. The van der Waals surface area contributed by atoms with Gasteiger partial charge in [0.05, 0.1) is 19.3 Å². The van der Waals surface area contributed by atoms with Crippen LogP contribution in [0.2, 0.25) is 0 Å². The SMILES string of the molecule is O=C(N[C@@H]1CCCOC1)[C@H]1CN(Cc2ccccc2)CCO1. The summed E-state index contributed by atoms with van der Waals surface area (Å²) in [6.45, 7) is 4.40. The molecule has 3 rings (SSSR count). The largest absolute Gasteiger partial charge is 0.379 e. The second-order valence-electron chi connectivity index (χ2n) is 6.00. The molecule has 0 radical (unpaired) electrons. The number of benzene rings is 1. The lowest BCUT2D eigenvalue weighted by atomic mass is 10.1. The molecule has 0 saturated carbocycles. The maximum atomic E-state index is 12.3. The van der Waals surface area contributed by atoms with Crippen molar-refractivity contribution in [2.24, 2.45) is 0 Å². The van der Waals surface area contributed by atoms with E-state index in [1.54, 1.807) is 0 Å². The summed E-state index contributed by atoms with van der Waals surface area (Å²) in [6.07, 6.45) is 1.63. The van der Waals surface area contributed by atoms with Gasteiger partial charge in [-0.2, -0.15) is 0 Å². The molecule has 22 heavy (non-hydrogen) atoms. The second kappa shape index (κ2) is 7.72. The minimum absolute atomic E-state index is 0.00624. The van der Waals surface area contributed by atoms with Gasteiger partial charge in [-0.1, -0.05) is 30.3 Å². The summed E-state index contributed by atoms with van der Waals surface area (Å²) in [6, 6.07) is 10.5. The second-order valence-corrected chi connectivity index (χ2v) is 6.00. The van der Waals surface area contributed by atoms with E-state index in [2.05, 4.69) is 22.3 Å². The van der Waals surface area contributed by atoms with Gasteiger partial charge < -0.3 is 14.8 Å². The Morgan fingerprint density at radius 2 is 2.14 bits per heavy atom. The van der Waals surface area contributed by atoms with E-state index >= 15 is 0 Å². The highest BCUT2D eigenvalue weighted by molar-refractivity contribution is 5.81. The molecule has 2 aliphatic rings. The maximum absolute atomic E-state index is 12.3. The molecule has 1 N–H and O–H groups in total. The third kappa shape index (κ3) is 4.29. The zero-order valence-corrected chi connectivity index (χ0v) is 12.9. The van der Waals surface area contributed by atoms with Crippen LogP contribution in [0.3, 0.4) is 0 Å². The molecule has 120 valence electrons. The van der Waals surface area contributed by atoms with Crippen LogP contribution in [0.15, 0.2) is 30.3 Å². The van der Waals surface area contributed by atoms with Crippen molar-refractivity contribution >= 4 is 5.91 Å². The molecule has 1 amide bonds. The molecule has 0 aliphatic carbocycles. The predicted octanol–water partition coefficient (Wildman–Crippen LogP) is 1.18. The monoisotopic (exact) mass is 304 g/mol. The molecule has 1 aromatic carbocycles. The summed E-state index contributed by atoms with van der Waals surface area (Å²) < 4.78 is 11.1. The lowest BCUT2D eigenvalue weighted by Gasteiger charge is -2.33. The smallest absolute Gasteiger partial charge is 0.250 e. The Morgan fingerprint density at radius 3 is 2.91 bits per heavy atom. The Labute approximate surface area is 131 Å². The van der Waals surface area contributed by atoms with Crippen LogP contribution in [-0.2, 0) is 20.8 Å². The molecule has 0 aromatic heterocycles. The third-order valence-electron chi connectivity index (χ3n) is 4.20. The summed E-state index contributed by atoms with van der Waals surface area (Å²) in [5.41, 5.74) is 1.27. The average Bonchev–Trinajstić information content (AvgIpc) is 2.57. The number of hydrogen-bond acceptors (Lipinski definition) is 4. The predicted molar refractivity (Wildman–Crippen MR) is 83.4 cm³/mol. The Morgan fingerprint density at radius 1 is 1.27 bits per heavy atom. The molecule has 2 aliphatic heterocycles. The van der Waals surface area contributed by atoms with Crippen molar-refractivity contribution in [2.45, 2.75) is 31.5 Å². The van der Waals surface area contributed by atoms with Crippen molar-refractivity contribution in [3.63, 3.8) is 0 Å². The number of morpholine rings is 1. The van der Waals surface area contributed by atoms with Crippen LogP contribution in [0.4, 0.5) is 0 Å². The Hall–Kier alpha value is -1.43. The molecule has 0 spiro atoms. The fourth-order valence-corrected chi connectivity index (χ4v) is 3.00. The minimum Gasteiger partial charge on any atom is -0.379 e. The summed E-state index contributed by atoms with van der Waals surface area (Å²) in [4.78, 5) is 14.6. The number of hydrogen-bond donors (Lipinski definition) is 1. The van der Waals surface area contributed by atoms with Gasteiger partial charge in [-0.25, -0.2) is 0 Å². The summed E-state index contributed by atoms with van der Waals surface area (Å²) in [5.74, 6) is -0.00624. The molecular weight excluding hydrogens is 280 g/mol. The number of amides is 1. The first kappa shape index (κ1) is 15.5. The van der Waals surface area contributed by atoms with Crippen LogP contribution in [0, 0.1) is 0 Å². The standard InChI is InChI=1S/C17H24N2O3/c20-17(18-15-7-4-9-21-13-15)16-12-19(8-10-22-16)11-14-5-2-1-3-6-14/h1-3,5-6,15-16H,4,7-13H2,(H,18,20)/t15-,16-/m1/s1. The van der Waals surface area contributed by atoms with Crippen LogP contribution in [0.25, 0.3) is 0 Å². The molecule has 2 atom stereocenters. The van der Waals surface area contributed by atoms with Crippen LogP contribution in [-0.4, -0.2) is 55.9 Å². The highest BCUT2D eigenvalue weighted by Crippen LogP contribution is 2.12. The van der Waals surface area contributed by atoms with E-state index in [9.17, 15) is 4.79 Å². The first-order valence-corrected chi connectivity index (χ1v) is 8.07. The van der Waals surface area contributed by atoms with Gasteiger partial charge >= 0.3 is 0 Å². The highest BCUT2D eigenvalue weighted by atomic mass is 16.5. The zero-order valence-electron chi connectivity index (χ0n) is 12.9. The van der Waals surface area contributed by atoms with E-state index in [-0.39, 0.29) is 18.1 Å². The highest BCUT2D eigenvalue weighted by Gasteiger charge is 2.28. The molecule has 1 aromatic rings. The number of carbonyl (C=O) groups is 1. The van der Waals surface area contributed by atoms with Gasteiger partial charge in [-0.3, -0.25) is 9.69 Å². The quantitative estimate of drug-likeness (QED) is 0.907. The maximum Gasteiger partial charge on any atom is 0.250 e. The van der Waals surface area contributed by atoms with Crippen molar-refractivity contribution in [2.75, 3.05) is 32.9 Å². The van der Waals surface area contributed by atoms with E-state index < -0.39 is 0 Å². The number of nitrogens with zero attached hydrogens (tertiary/aromatic N) is 1. The first-order chi connectivity index (χ1) is 10.8. The summed E-state index contributed by atoms with van der Waals surface area (Å²) in [7, 11) is 0. The fraction of sp³-hybridized carbons (Fsp3) is 0.588. The van der Waals surface area contributed by atoms with Gasteiger partial charge in [0.1, 0.15) is 6.10 Å². The van der Waals surface area contributed by atoms with Gasteiger partial charge in [0, 0.05) is 26.2 Å². The van der Waals surface area contributed by atoms with Crippen LogP contribution in [0.1, 0.15) is 18.4 Å². The van der Waals surface area contributed by atoms with Crippen LogP contribution < -0.4 is 5.32 Å². The molecule has 0 bridgehead atoms. The van der Waals surface area contributed by atoms with Gasteiger partial charge in [0.15, 0.2) is 0 Å². The van der Waals surface area contributed by atoms with Crippen molar-refractivity contribution in [1.82, 2.24) is 10.2 Å². The van der Waals surface area contributed by atoms with E-state index in [1.807, 2.05) is 18.2 Å². The van der Waals surface area contributed by atoms with Gasteiger partial charge in [-0.05, 0) is 18.4 Å². The Bertz CT molecular complexity index is 474. The molecule has 5 nitrogen and oxygen atoms in total. The summed E-state index contributed by atoms with van der Waals surface area (Å²) in [5, 5.41) is 3.06. The van der Waals surface area contributed by atoms with E-state index in [4.69, 9.17) is 9.47 Å². The van der Waals surface area contributed by atoms with Crippen molar-refractivity contribution in [3.05, 3.63) is 35.9 Å². The van der Waals surface area contributed by atoms with Crippen molar-refractivity contribution < 1.29 is 14.3 Å². The normalized spacial score (nSPS) is 26.5. The van der Waals surface area contributed by atoms with Gasteiger partial charge in [0.25, 0.3) is 5.91 Å². The lowest BCUT2D eigenvalue weighted by Crippen LogP contribution is -2.52. The van der Waals surface area contributed by atoms with Crippen LogP contribution >= 0.6 is 0 Å². The Balaban J connectivity index is 1.50. The molecule has 0 unspecified atom stereocenters. The summed E-state index contributed by atoms with van der Waals surface area (Å²) >= 11 is 0. The van der Waals surface area contributed by atoms with E-state index in [0.29, 0.717) is 19.8 Å². The topological polar surface area (TPSA) is 50.8 Å².